The van der Waals surface area contributed by atoms with E-state index in [1.807, 2.05) is 26.0 Å². The minimum atomic E-state index is 0.398. The maximum atomic E-state index is 8.72. The SMILES string of the molecule is Cc1nc(Nc2cccc(C#N)n2)sc1C. The predicted molar refractivity (Wildman–Crippen MR) is 63.8 cm³/mol. The van der Waals surface area contributed by atoms with Crippen LogP contribution in [0.15, 0.2) is 18.2 Å². The fourth-order valence-corrected chi connectivity index (χ4v) is 2.02. The van der Waals surface area contributed by atoms with Gasteiger partial charge in [-0.15, -0.1) is 11.3 Å². The molecule has 0 unspecified atom stereocenters. The largest absolute Gasteiger partial charge is 0.316 e. The zero-order valence-electron chi connectivity index (χ0n) is 8.98. The number of pyridine rings is 1. The molecular formula is C11H10N4S. The van der Waals surface area contributed by atoms with Gasteiger partial charge < -0.3 is 5.32 Å². The summed E-state index contributed by atoms with van der Waals surface area (Å²) in [5.74, 6) is 0.646. The Balaban J connectivity index is 2.24. The molecule has 0 aliphatic carbocycles. The summed E-state index contributed by atoms with van der Waals surface area (Å²) in [4.78, 5) is 9.64. The van der Waals surface area contributed by atoms with Crippen LogP contribution in [0.5, 0.6) is 0 Å². The Morgan fingerprint density at radius 3 is 2.75 bits per heavy atom. The van der Waals surface area contributed by atoms with E-state index in [9.17, 15) is 0 Å². The van der Waals surface area contributed by atoms with Crippen LogP contribution in [0.4, 0.5) is 10.9 Å². The van der Waals surface area contributed by atoms with E-state index in [0.717, 1.165) is 10.8 Å². The number of aryl methyl sites for hydroxylation is 2. The van der Waals surface area contributed by atoms with Gasteiger partial charge in [0.15, 0.2) is 5.13 Å². The third-order valence-corrected chi connectivity index (χ3v) is 3.12. The summed E-state index contributed by atoms with van der Waals surface area (Å²) in [5, 5.41) is 12.6. The van der Waals surface area contributed by atoms with Gasteiger partial charge in [-0.3, -0.25) is 0 Å². The van der Waals surface area contributed by atoms with Crippen molar-refractivity contribution in [2.75, 3.05) is 5.32 Å². The fourth-order valence-electron chi connectivity index (χ4n) is 1.20. The first-order valence-corrected chi connectivity index (χ1v) is 5.59. The molecule has 0 aliphatic rings. The van der Waals surface area contributed by atoms with Crippen molar-refractivity contribution in [1.82, 2.24) is 9.97 Å². The van der Waals surface area contributed by atoms with Crippen molar-refractivity contribution in [3.05, 3.63) is 34.5 Å². The van der Waals surface area contributed by atoms with Crippen molar-refractivity contribution in [3.63, 3.8) is 0 Å². The third kappa shape index (κ3) is 2.18. The van der Waals surface area contributed by atoms with Gasteiger partial charge in [0.05, 0.1) is 5.69 Å². The highest BCUT2D eigenvalue weighted by Crippen LogP contribution is 2.23. The molecule has 4 nitrogen and oxygen atoms in total. The maximum absolute atomic E-state index is 8.72. The monoisotopic (exact) mass is 230 g/mol. The van der Waals surface area contributed by atoms with Crippen molar-refractivity contribution in [2.45, 2.75) is 13.8 Å². The van der Waals surface area contributed by atoms with Gasteiger partial charge >= 0.3 is 0 Å². The summed E-state index contributed by atoms with van der Waals surface area (Å²) in [6.45, 7) is 3.99. The van der Waals surface area contributed by atoms with Crippen LogP contribution in [0.2, 0.25) is 0 Å². The molecular weight excluding hydrogens is 220 g/mol. The molecule has 0 aliphatic heterocycles. The second-order valence-corrected chi connectivity index (χ2v) is 4.51. The minimum Gasteiger partial charge on any atom is -0.316 e. The molecule has 16 heavy (non-hydrogen) atoms. The summed E-state index contributed by atoms with van der Waals surface area (Å²) >= 11 is 1.58. The second-order valence-electron chi connectivity index (χ2n) is 3.31. The van der Waals surface area contributed by atoms with Crippen molar-refractivity contribution in [3.8, 4) is 6.07 Å². The fraction of sp³-hybridized carbons (Fsp3) is 0.182. The summed E-state index contributed by atoms with van der Waals surface area (Å²) in [5.41, 5.74) is 1.42. The molecule has 80 valence electrons. The van der Waals surface area contributed by atoms with Gasteiger partial charge in [-0.1, -0.05) is 6.07 Å². The number of anilines is 2. The third-order valence-electron chi connectivity index (χ3n) is 2.13. The van der Waals surface area contributed by atoms with Crippen LogP contribution in [0.3, 0.4) is 0 Å². The van der Waals surface area contributed by atoms with E-state index in [4.69, 9.17) is 5.26 Å². The molecule has 2 rings (SSSR count). The molecule has 0 saturated heterocycles. The first kappa shape index (κ1) is 10.6. The van der Waals surface area contributed by atoms with Crippen LogP contribution >= 0.6 is 11.3 Å². The predicted octanol–water partition coefficient (Wildman–Crippen LogP) is 2.77. The number of nitrogens with one attached hydrogen (secondary N) is 1. The van der Waals surface area contributed by atoms with E-state index in [-0.39, 0.29) is 0 Å². The first-order valence-electron chi connectivity index (χ1n) is 4.77. The maximum Gasteiger partial charge on any atom is 0.188 e. The van der Waals surface area contributed by atoms with E-state index in [1.165, 1.54) is 4.88 Å². The Kier molecular flexibility index (Phi) is 2.84. The summed E-state index contributed by atoms with van der Waals surface area (Å²) in [6, 6.07) is 7.28. The lowest BCUT2D eigenvalue weighted by Gasteiger charge is -2.00. The molecule has 0 fully saturated rings. The number of rotatable bonds is 2. The molecule has 0 radical (unpaired) electrons. The van der Waals surface area contributed by atoms with Crippen LogP contribution in [0.25, 0.3) is 0 Å². The molecule has 2 aromatic rings. The Morgan fingerprint density at radius 2 is 2.12 bits per heavy atom. The van der Waals surface area contributed by atoms with Gasteiger partial charge in [-0.05, 0) is 26.0 Å². The van der Waals surface area contributed by atoms with Crippen LogP contribution in [0.1, 0.15) is 16.3 Å². The number of nitriles is 1. The van der Waals surface area contributed by atoms with E-state index < -0.39 is 0 Å². The number of thiazole rings is 1. The second kappa shape index (κ2) is 4.29. The molecule has 5 heteroatoms. The first-order chi connectivity index (χ1) is 7.69. The quantitative estimate of drug-likeness (QED) is 0.861. The lowest BCUT2D eigenvalue weighted by atomic mass is 10.4. The molecule has 0 aromatic carbocycles. The van der Waals surface area contributed by atoms with Crippen molar-refractivity contribution in [1.29, 1.82) is 5.26 Å². The van der Waals surface area contributed by atoms with Crippen LogP contribution in [-0.2, 0) is 0 Å². The smallest absolute Gasteiger partial charge is 0.188 e. The highest BCUT2D eigenvalue weighted by Gasteiger charge is 2.04. The lowest BCUT2D eigenvalue weighted by Crippen LogP contribution is -1.94. The average molecular weight is 230 g/mol. The Morgan fingerprint density at radius 1 is 1.31 bits per heavy atom. The van der Waals surface area contributed by atoms with Gasteiger partial charge in [0.2, 0.25) is 0 Å². The lowest BCUT2D eigenvalue weighted by molar-refractivity contribution is 1.20. The Bertz CT molecular complexity index is 534. The molecule has 2 heterocycles. The van der Waals surface area contributed by atoms with Gasteiger partial charge in [0.25, 0.3) is 0 Å². The van der Waals surface area contributed by atoms with E-state index in [2.05, 4.69) is 15.3 Å². The van der Waals surface area contributed by atoms with Crippen molar-refractivity contribution < 1.29 is 0 Å². The molecule has 0 atom stereocenters. The number of hydrogen-bond acceptors (Lipinski definition) is 5. The van der Waals surface area contributed by atoms with Crippen LogP contribution in [-0.4, -0.2) is 9.97 Å². The number of nitrogens with zero attached hydrogens (tertiary/aromatic N) is 3. The normalized spacial score (nSPS) is 9.81. The highest BCUT2D eigenvalue weighted by molar-refractivity contribution is 7.15. The highest BCUT2D eigenvalue weighted by atomic mass is 32.1. The Hall–Kier alpha value is -1.93. The Labute approximate surface area is 97.6 Å². The van der Waals surface area contributed by atoms with Crippen molar-refractivity contribution in [2.24, 2.45) is 0 Å². The van der Waals surface area contributed by atoms with Crippen LogP contribution in [0, 0.1) is 25.2 Å². The van der Waals surface area contributed by atoms with Gasteiger partial charge in [0, 0.05) is 4.88 Å². The molecule has 0 spiro atoms. The zero-order valence-corrected chi connectivity index (χ0v) is 9.80. The van der Waals surface area contributed by atoms with Gasteiger partial charge in [0.1, 0.15) is 17.6 Å². The van der Waals surface area contributed by atoms with Crippen LogP contribution < -0.4 is 5.32 Å². The molecule has 1 N–H and O–H groups in total. The molecule has 0 saturated carbocycles. The topological polar surface area (TPSA) is 61.6 Å². The summed E-state index contributed by atoms with van der Waals surface area (Å²) in [7, 11) is 0. The van der Waals surface area contributed by atoms with Gasteiger partial charge in [-0.2, -0.15) is 5.26 Å². The van der Waals surface area contributed by atoms with Crippen molar-refractivity contribution >= 4 is 22.3 Å². The summed E-state index contributed by atoms with van der Waals surface area (Å²) in [6.07, 6.45) is 0. The molecule has 0 bridgehead atoms. The van der Waals surface area contributed by atoms with E-state index >= 15 is 0 Å². The molecule has 0 amide bonds. The minimum absolute atomic E-state index is 0.398. The standard InChI is InChI=1S/C11H10N4S/c1-7-8(2)16-11(13-7)15-10-5-3-4-9(6-12)14-10/h3-5H,1-2H3,(H,13,14,15). The van der Waals surface area contributed by atoms with E-state index in [0.29, 0.717) is 11.5 Å². The average Bonchev–Trinajstić information content (AvgIpc) is 2.58. The molecule has 2 aromatic heterocycles. The zero-order chi connectivity index (χ0) is 11.5. The van der Waals surface area contributed by atoms with Gasteiger partial charge in [-0.25, -0.2) is 9.97 Å². The number of hydrogen-bond donors (Lipinski definition) is 1. The van der Waals surface area contributed by atoms with E-state index in [1.54, 1.807) is 23.5 Å². The summed E-state index contributed by atoms with van der Waals surface area (Å²) < 4.78 is 0. The number of aromatic nitrogens is 2.